The van der Waals surface area contributed by atoms with E-state index < -0.39 is 0 Å². The van der Waals surface area contributed by atoms with E-state index in [0.717, 1.165) is 11.3 Å². The van der Waals surface area contributed by atoms with E-state index in [2.05, 4.69) is 4.98 Å². The van der Waals surface area contributed by atoms with Gasteiger partial charge in [0.25, 0.3) is 0 Å². The van der Waals surface area contributed by atoms with Crippen LogP contribution in [0, 0.1) is 5.41 Å². The summed E-state index contributed by atoms with van der Waals surface area (Å²) < 4.78 is 0. The fourth-order valence-corrected chi connectivity index (χ4v) is 1.24. The molecule has 0 aliphatic heterocycles. The van der Waals surface area contributed by atoms with Crippen LogP contribution in [0.1, 0.15) is 5.69 Å². The fraction of sp³-hybridized carbons (Fsp3) is 0. The minimum atomic E-state index is 0.526. The van der Waals surface area contributed by atoms with Crippen molar-refractivity contribution >= 4 is 11.8 Å². The first-order valence-electron chi connectivity index (χ1n) is 4.43. The van der Waals surface area contributed by atoms with E-state index in [1.807, 2.05) is 42.5 Å². The van der Waals surface area contributed by atoms with E-state index in [-0.39, 0.29) is 0 Å². The summed E-state index contributed by atoms with van der Waals surface area (Å²) in [5.74, 6) is 0. The van der Waals surface area contributed by atoms with Crippen molar-refractivity contribution < 1.29 is 0 Å². The average molecular weight is 182 g/mol. The van der Waals surface area contributed by atoms with Crippen LogP contribution in [0.2, 0.25) is 0 Å². The molecule has 0 atom stereocenters. The maximum Gasteiger partial charge on any atom is 0.0636 e. The second-order valence-corrected chi connectivity index (χ2v) is 2.99. The zero-order chi connectivity index (χ0) is 9.80. The lowest BCUT2D eigenvalue weighted by molar-refractivity contribution is 1.29. The fourth-order valence-electron chi connectivity index (χ4n) is 1.24. The second-order valence-electron chi connectivity index (χ2n) is 2.99. The Morgan fingerprint density at radius 3 is 2.71 bits per heavy atom. The highest BCUT2D eigenvalue weighted by Gasteiger charge is 2.01. The number of aromatic nitrogens is 1. The van der Waals surface area contributed by atoms with Crippen molar-refractivity contribution in [1.82, 2.24) is 4.98 Å². The Kier molecular flexibility index (Phi) is 2.36. The molecule has 1 aromatic heterocycles. The molecule has 68 valence electrons. The normalized spacial score (nSPS) is 17.7. The molecule has 0 aromatic carbocycles. The summed E-state index contributed by atoms with van der Waals surface area (Å²) in [6.07, 6.45) is 11.1. The summed E-state index contributed by atoms with van der Waals surface area (Å²) in [6, 6.07) is 5.74. The number of hydrogen-bond acceptors (Lipinski definition) is 2. The molecule has 2 rings (SSSR count). The molecule has 1 aromatic rings. The van der Waals surface area contributed by atoms with Gasteiger partial charge < -0.3 is 5.41 Å². The maximum atomic E-state index is 7.66. The van der Waals surface area contributed by atoms with Crippen LogP contribution in [-0.4, -0.2) is 10.7 Å². The molecule has 0 amide bonds. The van der Waals surface area contributed by atoms with Crippen LogP contribution in [0.25, 0.3) is 6.08 Å². The van der Waals surface area contributed by atoms with Gasteiger partial charge in [-0.3, -0.25) is 4.98 Å². The first-order chi connectivity index (χ1) is 6.86. The molecular weight excluding hydrogens is 172 g/mol. The predicted molar refractivity (Wildman–Crippen MR) is 58.2 cm³/mol. The number of nitrogens with one attached hydrogen (secondary N) is 1. The Bertz CT molecular complexity index is 425. The first-order valence-corrected chi connectivity index (χ1v) is 4.43. The summed E-state index contributed by atoms with van der Waals surface area (Å²) in [4.78, 5) is 4.18. The van der Waals surface area contributed by atoms with Crippen LogP contribution in [0.15, 0.2) is 54.3 Å². The van der Waals surface area contributed by atoms with Gasteiger partial charge in [-0.05, 0) is 24.3 Å². The first kappa shape index (κ1) is 8.63. The monoisotopic (exact) mass is 182 g/mol. The molecule has 0 bridgehead atoms. The van der Waals surface area contributed by atoms with Crippen molar-refractivity contribution in [3.8, 4) is 0 Å². The Labute approximate surface area is 82.8 Å². The van der Waals surface area contributed by atoms with E-state index in [4.69, 9.17) is 5.41 Å². The van der Waals surface area contributed by atoms with E-state index >= 15 is 0 Å². The average Bonchev–Trinajstić information content (AvgIpc) is 2.23. The van der Waals surface area contributed by atoms with Gasteiger partial charge in [0.05, 0.1) is 11.4 Å². The van der Waals surface area contributed by atoms with Gasteiger partial charge in [-0.15, -0.1) is 0 Å². The van der Waals surface area contributed by atoms with Crippen molar-refractivity contribution in [3.63, 3.8) is 0 Å². The van der Waals surface area contributed by atoms with Gasteiger partial charge in [-0.25, -0.2) is 0 Å². The van der Waals surface area contributed by atoms with E-state index in [9.17, 15) is 0 Å². The Hall–Kier alpha value is -1.96. The SMILES string of the molecule is N=C1C=CC=CC1=Cc1ccccn1. The lowest BCUT2D eigenvalue weighted by Gasteiger charge is -2.03. The van der Waals surface area contributed by atoms with Crippen molar-refractivity contribution in [1.29, 1.82) is 5.41 Å². The summed E-state index contributed by atoms with van der Waals surface area (Å²) in [5.41, 5.74) is 2.30. The summed E-state index contributed by atoms with van der Waals surface area (Å²) in [5, 5.41) is 7.66. The molecular formula is C12H10N2. The molecule has 1 aliphatic rings. The highest BCUT2D eigenvalue weighted by Crippen LogP contribution is 2.10. The van der Waals surface area contributed by atoms with Crippen molar-refractivity contribution in [3.05, 3.63) is 60.0 Å². The number of pyridine rings is 1. The highest BCUT2D eigenvalue weighted by atomic mass is 14.6. The summed E-state index contributed by atoms with van der Waals surface area (Å²) in [7, 11) is 0. The van der Waals surface area contributed by atoms with Gasteiger partial charge in [0.15, 0.2) is 0 Å². The zero-order valence-electron chi connectivity index (χ0n) is 7.64. The zero-order valence-corrected chi connectivity index (χ0v) is 7.64. The van der Waals surface area contributed by atoms with Gasteiger partial charge in [0, 0.05) is 11.8 Å². The minimum Gasteiger partial charge on any atom is -0.300 e. The van der Waals surface area contributed by atoms with E-state index in [0.29, 0.717) is 5.71 Å². The van der Waals surface area contributed by atoms with E-state index in [1.165, 1.54) is 0 Å². The molecule has 2 nitrogen and oxygen atoms in total. The second kappa shape index (κ2) is 3.83. The van der Waals surface area contributed by atoms with Crippen LogP contribution in [0.3, 0.4) is 0 Å². The summed E-state index contributed by atoms with van der Waals surface area (Å²) in [6.45, 7) is 0. The molecule has 0 saturated carbocycles. The molecule has 0 fully saturated rings. The van der Waals surface area contributed by atoms with Crippen LogP contribution >= 0.6 is 0 Å². The van der Waals surface area contributed by atoms with Crippen LogP contribution < -0.4 is 0 Å². The van der Waals surface area contributed by atoms with Gasteiger partial charge >= 0.3 is 0 Å². The molecule has 1 heterocycles. The van der Waals surface area contributed by atoms with Gasteiger partial charge in [-0.1, -0.05) is 24.3 Å². The lowest BCUT2D eigenvalue weighted by Crippen LogP contribution is -1.97. The molecule has 0 spiro atoms. The van der Waals surface area contributed by atoms with Crippen LogP contribution in [0.4, 0.5) is 0 Å². The van der Waals surface area contributed by atoms with Crippen molar-refractivity contribution in [2.45, 2.75) is 0 Å². The molecule has 0 saturated heterocycles. The third kappa shape index (κ3) is 1.85. The van der Waals surface area contributed by atoms with Gasteiger partial charge in [0.2, 0.25) is 0 Å². The highest BCUT2D eigenvalue weighted by molar-refractivity contribution is 6.12. The smallest absolute Gasteiger partial charge is 0.0636 e. The third-order valence-corrected chi connectivity index (χ3v) is 1.95. The van der Waals surface area contributed by atoms with Gasteiger partial charge in [-0.2, -0.15) is 0 Å². The number of hydrogen-bond donors (Lipinski definition) is 1. The largest absolute Gasteiger partial charge is 0.300 e. The summed E-state index contributed by atoms with van der Waals surface area (Å²) >= 11 is 0. The number of rotatable bonds is 1. The number of allylic oxidation sites excluding steroid dienone is 5. The third-order valence-electron chi connectivity index (χ3n) is 1.95. The van der Waals surface area contributed by atoms with Crippen molar-refractivity contribution in [2.24, 2.45) is 0 Å². The maximum absolute atomic E-state index is 7.66. The predicted octanol–water partition coefficient (Wildman–Crippen LogP) is 2.61. The molecule has 0 radical (unpaired) electrons. The minimum absolute atomic E-state index is 0.526. The Balaban J connectivity index is 2.32. The van der Waals surface area contributed by atoms with E-state index in [1.54, 1.807) is 12.3 Å². The van der Waals surface area contributed by atoms with Gasteiger partial charge in [0.1, 0.15) is 0 Å². The number of nitrogens with zero attached hydrogens (tertiary/aromatic N) is 1. The topological polar surface area (TPSA) is 36.7 Å². The van der Waals surface area contributed by atoms with Crippen LogP contribution in [0.5, 0.6) is 0 Å². The van der Waals surface area contributed by atoms with Crippen LogP contribution in [-0.2, 0) is 0 Å². The molecule has 2 heteroatoms. The standard InChI is InChI=1S/C12H10N2/c13-12-7-2-1-5-10(12)9-11-6-3-4-8-14-11/h1-9,13H. The molecule has 1 N–H and O–H groups in total. The molecule has 14 heavy (non-hydrogen) atoms. The molecule has 0 unspecified atom stereocenters. The Morgan fingerprint density at radius 1 is 1.14 bits per heavy atom. The quantitative estimate of drug-likeness (QED) is 0.712. The molecule has 1 aliphatic carbocycles. The Morgan fingerprint density at radius 2 is 2.00 bits per heavy atom. The lowest BCUT2D eigenvalue weighted by atomic mass is 10.0. The van der Waals surface area contributed by atoms with Crippen molar-refractivity contribution in [2.75, 3.05) is 0 Å².